The van der Waals surface area contributed by atoms with Gasteiger partial charge >= 0.3 is 0 Å². The highest BCUT2D eigenvalue weighted by Gasteiger charge is 2.25. The number of para-hydroxylation sites is 2. The summed E-state index contributed by atoms with van der Waals surface area (Å²) in [6.07, 6.45) is 8.15. The fourth-order valence-corrected chi connectivity index (χ4v) is 5.07. The van der Waals surface area contributed by atoms with Crippen molar-refractivity contribution in [3.8, 4) is 11.5 Å². The smallest absolute Gasteiger partial charge is 0.163 e. The summed E-state index contributed by atoms with van der Waals surface area (Å²) >= 11 is 6.76. The van der Waals surface area contributed by atoms with Crippen LogP contribution >= 0.6 is 11.6 Å². The van der Waals surface area contributed by atoms with Gasteiger partial charge in [-0.3, -0.25) is 9.58 Å². The topological polar surface area (TPSA) is 42.1 Å². The minimum atomic E-state index is 0.502. The minimum Gasteiger partial charge on any atom is -0.326 e. The molecule has 1 aromatic carbocycles. The highest BCUT2D eigenvalue weighted by Crippen LogP contribution is 2.33. The van der Waals surface area contributed by atoms with Gasteiger partial charge in [0.05, 0.1) is 21.7 Å². The van der Waals surface area contributed by atoms with Crippen molar-refractivity contribution >= 4 is 22.6 Å². The second-order valence-electron chi connectivity index (χ2n) is 9.91. The monoisotopic (exact) mass is 482 g/mol. The first kappa shape index (κ1) is 25.0. The van der Waals surface area contributed by atoms with Crippen LogP contribution < -0.4 is 0 Å². The third-order valence-electron chi connectivity index (χ3n) is 6.95. The molecule has 2 aliphatic heterocycles. The van der Waals surface area contributed by atoms with Crippen molar-refractivity contribution in [2.24, 2.45) is 7.05 Å². The lowest BCUT2D eigenvalue weighted by molar-refractivity contribution is 0.216. The number of nitrogens with zero attached hydrogens (tertiary/aromatic N) is 6. The molecule has 2 aromatic heterocycles. The Morgan fingerprint density at radius 2 is 1.56 bits per heavy atom. The summed E-state index contributed by atoms with van der Waals surface area (Å²) in [6, 6.07) is 9.35. The van der Waals surface area contributed by atoms with E-state index in [0.717, 1.165) is 65.4 Å². The number of benzene rings is 1. The van der Waals surface area contributed by atoms with Crippen LogP contribution in [0.1, 0.15) is 52.7 Å². The zero-order valence-corrected chi connectivity index (χ0v) is 22.1. The van der Waals surface area contributed by atoms with Crippen LogP contribution in [0.15, 0.2) is 36.4 Å². The molecule has 6 nitrogen and oxygen atoms in total. The van der Waals surface area contributed by atoms with Crippen molar-refractivity contribution in [2.75, 3.05) is 19.6 Å². The van der Waals surface area contributed by atoms with Crippen LogP contribution in [-0.4, -0.2) is 60.8 Å². The molecule has 0 spiro atoms. The number of aryl methyl sites for hydroxylation is 2. The van der Waals surface area contributed by atoms with Gasteiger partial charge in [0.1, 0.15) is 5.69 Å². The van der Waals surface area contributed by atoms with E-state index < -0.39 is 0 Å². The highest BCUT2D eigenvalue weighted by atomic mass is 35.5. The summed E-state index contributed by atoms with van der Waals surface area (Å²) < 4.78 is 4.14. The van der Waals surface area contributed by atoms with Crippen LogP contribution in [0.4, 0.5) is 0 Å². The third kappa shape index (κ3) is 5.40. The van der Waals surface area contributed by atoms with Crippen LogP contribution in [0.5, 0.6) is 0 Å². The van der Waals surface area contributed by atoms with Crippen molar-refractivity contribution in [1.82, 2.24) is 29.1 Å². The molecule has 0 N–H and O–H groups in total. The molecular weight excluding hydrogens is 444 g/mol. The Morgan fingerprint density at radius 3 is 2.21 bits per heavy atom. The molecular formula is C27H39ClN6. The second-order valence-corrected chi connectivity index (χ2v) is 10.3. The molecule has 184 valence electrons. The number of rotatable bonds is 3. The Kier molecular flexibility index (Phi) is 8.12. The Labute approximate surface area is 209 Å². The summed E-state index contributed by atoms with van der Waals surface area (Å²) in [7, 11) is 2.02. The first-order valence-electron chi connectivity index (χ1n) is 12.7. The van der Waals surface area contributed by atoms with Gasteiger partial charge < -0.3 is 9.47 Å². The standard InChI is InChI=1S/C18H22ClN5.C9H17N/c1-12(2)23-9-6-10-24-15(11-23)16(19)17(21-24)18-20-13-7-4-5-8-14(13)22(18)3;1-9(2)10-7-5-3-4-6-8-10/h4-5,7-8,12H,6,9-11H2,1-3H3;3-4,9H,5-8H2,1-2H3. The molecule has 0 atom stereocenters. The summed E-state index contributed by atoms with van der Waals surface area (Å²) in [6.45, 7) is 14.3. The van der Waals surface area contributed by atoms with Crippen molar-refractivity contribution in [3.63, 3.8) is 0 Å². The Bertz CT molecular complexity index is 1120. The van der Waals surface area contributed by atoms with E-state index in [9.17, 15) is 0 Å². The second kappa shape index (κ2) is 11.1. The fourth-order valence-electron chi connectivity index (χ4n) is 4.79. The van der Waals surface area contributed by atoms with Gasteiger partial charge in [-0.2, -0.15) is 5.10 Å². The number of aromatic nitrogens is 4. The van der Waals surface area contributed by atoms with Gasteiger partial charge in [-0.05, 0) is 59.1 Å². The Balaban J connectivity index is 0.000000231. The zero-order valence-electron chi connectivity index (χ0n) is 21.3. The van der Waals surface area contributed by atoms with Crippen molar-refractivity contribution in [1.29, 1.82) is 0 Å². The van der Waals surface area contributed by atoms with Gasteiger partial charge in [0.2, 0.25) is 0 Å². The van der Waals surface area contributed by atoms with Gasteiger partial charge in [-0.15, -0.1) is 0 Å². The third-order valence-corrected chi connectivity index (χ3v) is 7.35. The van der Waals surface area contributed by atoms with Gasteiger partial charge in [-0.25, -0.2) is 4.98 Å². The Morgan fingerprint density at radius 1 is 0.882 bits per heavy atom. The molecule has 7 heteroatoms. The largest absolute Gasteiger partial charge is 0.326 e. The van der Waals surface area contributed by atoms with E-state index >= 15 is 0 Å². The number of hydrogen-bond acceptors (Lipinski definition) is 4. The maximum atomic E-state index is 6.76. The Hall–Kier alpha value is -2.15. The van der Waals surface area contributed by atoms with Crippen molar-refractivity contribution in [2.45, 2.75) is 72.1 Å². The SMILES string of the molecule is CC(C)N1CCC=CCC1.CC(C)N1CCCn2nc(-c3nc4ccccc4n3C)c(Cl)c2C1. The quantitative estimate of drug-likeness (QED) is 0.445. The van der Waals surface area contributed by atoms with E-state index in [2.05, 4.69) is 65.0 Å². The van der Waals surface area contributed by atoms with Crippen LogP contribution in [0.2, 0.25) is 5.02 Å². The molecule has 5 rings (SSSR count). The van der Waals surface area contributed by atoms with Crippen molar-refractivity contribution < 1.29 is 0 Å². The number of hydrogen-bond donors (Lipinski definition) is 0. The lowest BCUT2D eigenvalue weighted by atomic mass is 10.2. The summed E-state index contributed by atoms with van der Waals surface area (Å²) in [4.78, 5) is 9.73. The summed E-state index contributed by atoms with van der Waals surface area (Å²) in [5.74, 6) is 0.831. The normalized spacial score (nSPS) is 17.5. The fraction of sp³-hybridized carbons (Fsp3) is 0.556. The van der Waals surface area contributed by atoms with E-state index in [-0.39, 0.29) is 0 Å². The summed E-state index contributed by atoms with van der Waals surface area (Å²) in [5, 5.41) is 5.54. The molecule has 0 aliphatic carbocycles. The van der Waals surface area contributed by atoms with E-state index in [1.807, 2.05) is 25.2 Å². The molecule has 2 aliphatic rings. The molecule has 0 bridgehead atoms. The number of halogens is 1. The van der Waals surface area contributed by atoms with E-state index in [4.69, 9.17) is 21.7 Å². The molecule has 3 aromatic rings. The van der Waals surface area contributed by atoms with Gasteiger partial charge in [0.15, 0.2) is 5.82 Å². The number of imidazole rings is 1. The van der Waals surface area contributed by atoms with E-state index in [1.54, 1.807) is 0 Å². The molecule has 0 saturated heterocycles. The first-order chi connectivity index (χ1) is 16.4. The average molecular weight is 483 g/mol. The van der Waals surface area contributed by atoms with E-state index in [0.29, 0.717) is 6.04 Å². The molecule has 34 heavy (non-hydrogen) atoms. The van der Waals surface area contributed by atoms with Crippen LogP contribution in [-0.2, 0) is 20.1 Å². The van der Waals surface area contributed by atoms with Gasteiger partial charge in [0, 0.05) is 51.9 Å². The van der Waals surface area contributed by atoms with Gasteiger partial charge in [0.25, 0.3) is 0 Å². The van der Waals surface area contributed by atoms with Crippen LogP contribution in [0, 0.1) is 0 Å². The lowest BCUT2D eigenvalue weighted by Gasteiger charge is -2.23. The summed E-state index contributed by atoms with van der Waals surface area (Å²) in [5.41, 5.74) is 3.95. The first-order valence-corrected chi connectivity index (χ1v) is 13.0. The minimum absolute atomic E-state index is 0.502. The van der Waals surface area contributed by atoms with Crippen molar-refractivity contribution in [3.05, 3.63) is 47.1 Å². The molecule has 0 radical (unpaired) electrons. The highest BCUT2D eigenvalue weighted by molar-refractivity contribution is 6.33. The average Bonchev–Trinajstić information content (AvgIpc) is 3.09. The zero-order chi connectivity index (χ0) is 24.2. The number of fused-ring (bicyclic) bond motifs is 2. The lowest BCUT2D eigenvalue weighted by Crippen LogP contribution is -2.31. The maximum absolute atomic E-state index is 6.76. The van der Waals surface area contributed by atoms with Crippen LogP contribution in [0.25, 0.3) is 22.6 Å². The molecule has 0 saturated carbocycles. The predicted octanol–water partition coefficient (Wildman–Crippen LogP) is 5.75. The van der Waals surface area contributed by atoms with E-state index in [1.165, 1.54) is 25.9 Å². The molecule has 0 fully saturated rings. The molecule has 0 unspecified atom stereocenters. The maximum Gasteiger partial charge on any atom is 0.163 e. The molecule has 0 amide bonds. The van der Waals surface area contributed by atoms with Gasteiger partial charge in [-0.1, -0.05) is 35.9 Å². The molecule has 4 heterocycles. The van der Waals surface area contributed by atoms with Crippen LogP contribution in [0.3, 0.4) is 0 Å². The predicted molar refractivity (Wildman–Crippen MR) is 142 cm³/mol.